The molecule has 9 heteroatoms. The molecule has 1 N–H and O–H groups in total. The van der Waals surface area contributed by atoms with Gasteiger partial charge in [-0.25, -0.2) is 4.39 Å². The first kappa shape index (κ1) is 19.2. The molecule has 0 aliphatic heterocycles. The zero-order valence-corrected chi connectivity index (χ0v) is 15.8. The van der Waals surface area contributed by atoms with E-state index in [0.717, 1.165) is 11.8 Å². The Hall–Kier alpha value is -2.58. The Morgan fingerprint density at radius 1 is 1.26 bits per heavy atom. The second-order valence-electron chi connectivity index (χ2n) is 5.41. The number of ether oxygens (including phenoxy) is 1. The van der Waals surface area contributed by atoms with E-state index in [0.29, 0.717) is 10.7 Å². The third-order valence-electron chi connectivity index (χ3n) is 3.38. The zero-order chi connectivity index (χ0) is 19.2. The Morgan fingerprint density at radius 2 is 2.00 bits per heavy atom. The van der Waals surface area contributed by atoms with Crippen molar-refractivity contribution in [3.05, 3.63) is 65.3 Å². The van der Waals surface area contributed by atoms with Gasteiger partial charge >= 0.3 is 0 Å². The molecule has 0 aliphatic rings. The number of nitrogens with one attached hydrogen (secondary N) is 1. The van der Waals surface area contributed by atoms with Crippen LogP contribution in [-0.4, -0.2) is 21.9 Å². The van der Waals surface area contributed by atoms with E-state index in [9.17, 15) is 9.18 Å². The van der Waals surface area contributed by atoms with Crippen LogP contribution in [0.1, 0.15) is 18.9 Å². The molecular weight excluding hydrogens is 393 g/mol. The fourth-order valence-corrected chi connectivity index (χ4v) is 2.85. The molecule has 3 rings (SSSR count). The molecule has 0 aliphatic carbocycles. The van der Waals surface area contributed by atoms with Crippen LogP contribution in [0.2, 0.25) is 5.02 Å². The molecule has 2 aromatic carbocycles. The maximum Gasteiger partial charge on any atom is 0.277 e. The maximum absolute atomic E-state index is 13.6. The minimum Gasteiger partial charge on any atom is -0.478 e. The molecule has 0 bridgehead atoms. The quantitative estimate of drug-likeness (QED) is 0.570. The Labute approximate surface area is 164 Å². The van der Waals surface area contributed by atoms with Crippen LogP contribution in [0.4, 0.5) is 10.1 Å². The highest BCUT2D eigenvalue weighted by atomic mass is 35.5. The lowest BCUT2D eigenvalue weighted by Gasteiger charge is -2.11. The SMILES string of the molecule is C[C@@H](Oc1ccccc1F)c1nnc(SCC(=O)Nc2ccccc2Cl)o1. The van der Waals surface area contributed by atoms with Gasteiger partial charge in [0.25, 0.3) is 11.1 Å². The number of thioether (sulfide) groups is 1. The van der Waals surface area contributed by atoms with E-state index in [1.165, 1.54) is 12.1 Å². The number of hydrogen-bond donors (Lipinski definition) is 1. The fourth-order valence-electron chi connectivity index (χ4n) is 2.10. The smallest absolute Gasteiger partial charge is 0.277 e. The summed E-state index contributed by atoms with van der Waals surface area (Å²) in [6, 6.07) is 13.0. The Morgan fingerprint density at radius 3 is 2.78 bits per heavy atom. The van der Waals surface area contributed by atoms with E-state index in [2.05, 4.69) is 15.5 Å². The minimum atomic E-state index is -0.638. The van der Waals surface area contributed by atoms with E-state index in [1.807, 2.05) is 0 Å². The summed E-state index contributed by atoms with van der Waals surface area (Å²) in [5, 5.41) is 11.1. The number of amides is 1. The Balaban J connectivity index is 1.54. The van der Waals surface area contributed by atoms with Gasteiger partial charge in [0.1, 0.15) is 0 Å². The van der Waals surface area contributed by atoms with Crippen molar-refractivity contribution in [1.82, 2.24) is 10.2 Å². The van der Waals surface area contributed by atoms with Gasteiger partial charge in [-0.1, -0.05) is 47.6 Å². The summed E-state index contributed by atoms with van der Waals surface area (Å²) < 4.78 is 24.6. The molecule has 0 saturated heterocycles. The normalized spacial score (nSPS) is 11.8. The first-order valence-corrected chi connectivity index (χ1v) is 9.31. The van der Waals surface area contributed by atoms with Crippen molar-refractivity contribution in [3.8, 4) is 5.75 Å². The van der Waals surface area contributed by atoms with Gasteiger partial charge in [0.05, 0.1) is 16.5 Å². The summed E-state index contributed by atoms with van der Waals surface area (Å²) >= 11 is 7.07. The zero-order valence-electron chi connectivity index (χ0n) is 14.2. The molecule has 0 spiro atoms. The summed E-state index contributed by atoms with van der Waals surface area (Å²) in [5.41, 5.74) is 0.530. The second kappa shape index (κ2) is 8.88. The second-order valence-corrected chi connectivity index (χ2v) is 6.75. The van der Waals surface area contributed by atoms with E-state index in [-0.39, 0.29) is 28.5 Å². The highest BCUT2D eigenvalue weighted by Crippen LogP contribution is 2.26. The van der Waals surface area contributed by atoms with E-state index >= 15 is 0 Å². The maximum atomic E-state index is 13.6. The average molecular weight is 408 g/mol. The van der Waals surface area contributed by atoms with Crippen molar-refractivity contribution < 1.29 is 18.3 Å². The van der Waals surface area contributed by atoms with Crippen LogP contribution in [0.3, 0.4) is 0 Å². The first-order valence-electron chi connectivity index (χ1n) is 7.94. The molecule has 6 nitrogen and oxygen atoms in total. The summed E-state index contributed by atoms with van der Waals surface area (Å²) in [7, 11) is 0. The number of anilines is 1. The summed E-state index contributed by atoms with van der Waals surface area (Å²) in [4.78, 5) is 12.0. The molecular formula is C18H15ClFN3O3S. The van der Waals surface area contributed by atoms with Gasteiger partial charge in [-0.05, 0) is 31.2 Å². The average Bonchev–Trinajstić information content (AvgIpc) is 3.13. The van der Waals surface area contributed by atoms with Crippen molar-refractivity contribution >= 4 is 35.0 Å². The molecule has 0 fully saturated rings. The Kier molecular flexibility index (Phi) is 6.31. The van der Waals surface area contributed by atoms with Gasteiger partial charge in [0.15, 0.2) is 17.7 Å². The topological polar surface area (TPSA) is 77.2 Å². The van der Waals surface area contributed by atoms with Gasteiger partial charge in [-0.3, -0.25) is 4.79 Å². The van der Waals surface area contributed by atoms with Crippen molar-refractivity contribution in [3.63, 3.8) is 0 Å². The predicted octanol–water partition coefficient (Wildman–Crippen LogP) is 4.73. The molecule has 140 valence electrons. The van der Waals surface area contributed by atoms with E-state index in [4.69, 9.17) is 20.8 Å². The van der Waals surface area contributed by atoms with Crippen LogP contribution in [0.25, 0.3) is 0 Å². The van der Waals surface area contributed by atoms with Crippen molar-refractivity contribution in [2.45, 2.75) is 18.3 Å². The summed E-state index contributed by atoms with van der Waals surface area (Å²) in [6.07, 6.45) is -0.638. The lowest BCUT2D eigenvalue weighted by atomic mass is 10.3. The summed E-state index contributed by atoms with van der Waals surface area (Å²) in [5.74, 6) is -0.392. The number of halogens is 2. The molecule has 3 aromatic rings. The minimum absolute atomic E-state index is 0.0649. The molecule has 1 aromatic heterocycles. The van der Waals surface area contributed by atoms with Crippen LogP contribution in [-0.2, 0) is 4.79 Å². The van der Waals surface area contributed by atoms with E-state index < -0.39 is 11.9 Å². The van der Waals surface area contributed by atoms with Crippen LogP contribution in [0.5, 0.6) is 5.75 Å². The molecule has 1 atom stereocenters. The van der Waals surface area contributed by atoms with Crippen LogP contribution < -0.4 is 10.1 Å². The monoisotopic (exact) mass is 407 g/mol. The van der Waals surface area contributed by atoms with Crippen molar-refractivity contribution in [2.24, 2.45) is 0 Å². The molecule has 27 heavy (non-hydrogen) atoms. The third kappa shape index (κ3) is 5.21. The molecule has 0 radical (unpaired) electrons. The lowest BCUT2D eigenvalue weighted by molar-refractivity contribution is -0.113. The third-order valence-corrected chi connectivity index (χ3v) is 4.53. The van der Waals surface area contributed by atoms with Crippen LogP contribution in [0, 0.1) is 5.82 Å². The van der Waals surface area contributed by atoms with Crippen LogP contribution >= 0.6 is 23.4 Å². The van der Waals surface area contributed by atoms with E-state index in [1.54, 1.807) is 43.3 Å². The molecule has 0 unspecified atom stereocenters. The number of carbonyl (C=O) groups is 1. The fraction of sp³-hybridized carbons (Fsp3) is 0.167. The number of para-hydroxylation sites is 2. The summed E-state index contributed by atoms with van der Waals surface area (Å²) in [6.45, 7) is 1.67. The highest BCUT2D eigenvalue weighted by molar-refractivity contribution is 7.99. The Bertz CT molecular complexity index is 937. The highest BCUT2D eigenvalue weighted by Gasteiger charge is 2.18. The molecule has 1 amide bonds. The van der Waals surface area contributed by atoms with Gasteiger partial charge < -0.3 is 14.5 Å². The number of aromatic nitrogens is 2. The number of benzene rings is 2. The van der Waals surface area contributed by atoms with Crippen molar-refractivity contribution in [2.75, 3.05) is 11.1 Å². The number of rotatable bonds is 7. The van der Waals surface area contributed by atoms with Gasteiger partial charge in [-0.15, -0.1) is 10.2 Å². The van der Waals surface area contributed by atoms with Gasteiger partial charge in [0, 0.05) is 0 Å². The number of nitrogens with zero attached hydrogens (tertiary/aromatic N) is 2. The molecule has 0 saturated carbocycles. The first-order chi connectivity index (χ1) is 13.0. The number of carbonyl (C=O) groups excluding carboxylic acids is 1. The standard InChI is InChI=1S/C18H15ClFN3O3S/c1-11(25-15-9-5-3-7-13(15)20)17-22-23-18(26-17)27-10-16(24)21-14-8-4-2-6-12(14)19/h2-9,11H,10H2,1H3,(H,21,24)/t11-/m1/s1. The van der Waals surface area contributed by atoms with Crippen molar-refractivity contribution in [1.29, 1.82) is 0 Å². The predicted molar refractivity (Wildman–Crippen MR) is 101 cm³/mol. The van der Waals surface area contributed by atoms with Gasteiger partial charge in [0.2, 0.25) is 5.91 Å². The molecule has 1 heterocycles. The largest absolute Gasteiger partial charge is 0.478 e. The van der Waals surface area contributed by atoms with Crippen LogP contribution in [0.15, 0.2) is 58.2 Å². The lowest BCUT2D eigenvalue weighted by Crippen LogP contribution is -2.14. The van der Waals surface area contributed by atoms with Gasteiger partial charge in [-0.2, -0.15) is 0 Å². The number of hydrogen-bond acceptors (Lipinski definition) is 6.